The van der Waals surface area contributed by atoms with Gasteiger partial charge in [0.05, 0.1) is 26.0 Å². The second-order valence-corrected chi connectivity index (χ2v) is 3.55. The lowest BCUT2D eigenvalue weighted by molar-refractivity contribution is -0.142. The van der Waals surface area contributed by atoms with Crippen molar-refractivity contribution in [3.05, 3.63) is 11.8 Å². The zero-order valence-electron chi connectivity index (χ0n) is 9.16. The average molecular weight is 225 g/mol. The van der Waals surface area contributed by atoms with Crippen LogP contribution in [0.4, 0.5) is 5.82 Å². The molecule has 1 unspecified atom stereocenters. The number of ether oxygens (including phenoxy) is 2. The molecule has 1 aromatic heterocycles. The second kappa shape index (κ2) is 5.09. The Morgan fingerprint density at radius 1 is 1.69 bits per heavy atom. The molecule has 0 aliphatic carbocycles. The molecule has 1 amide bonds. The van der Waals surface area contributed by atoms with E-state index in [0.717, 1.165) is 12.0 Å². The van der Waals surface area contributed by atoms with Gasteiger partial charge in [-0.05, 0) is 6.42 Å². The lowest BCUT2D eigenvalue weighted by atomic mass is 10.2. The molecule has 1 saturated heterocycles. The minimum absolute atomic E-state index is 0.196. The summed E-state index contributed by atoms with van der Waals surface area (Å²) >= 11 is 0. The molecule has 6 nitrogen and oxygen atoms in total. The van der Waals surface area contributed by atoms with Crippen molar-refractivity contribution in [2.75, 3.05) is 25.1 Å². The molecule has 88 valence electrons. The largest absolute Gasteiger partial charge is 0.376 e. The van der Waals surface area contributed by atoms with Gasteiger partial charge in [0.25, 0.3) is 5.91 Å². The third kappa shape index (κ3) is 2.40. The van der Waals surface area contributed by atoms with Crippen LogP contribution in [0, 0.1) is 0 Å². The number of carbonyl (C=O) groups is 1. The molecule has 2 rings (SSSR count). The number of anilines is 1. The number of carbonyl (C=O) groups excluding carboxylic acids is 1. The minimum Gasteiger partial charge on any atom is -0.376 e. The first kappa shape index (κ1) is 11.1. The Balaban J connectivity index is 1.95. The third-order valence-electron chi connectivity index (χ3n) is 2.46. The summed E-state index contributed by atoms with van der Waals surface area (Å²) in [5.41, 5.74) is 0.977. The van der Waals surface area contributed by atoms with Gasteiger partial charge in [0, 0.05) is 5.56 Å². The molecule has 1 aliphatic rings. The van der Waals surface area contributed by atoms with Gasteiger partial charge in [0.1, 0.15) is 5.82 Å². The van der Waals surface area contributed by atoms with Crippen molar-refractivity contribution < 1.29 is 14.3 Å². The van der Waals surface area contributed by atoms with Gasteiger partial charge in [-0.15, -0.1) is 0 Å². The Morgan fingerprint density at radius 3 is 3.25 bits per heavy atom. The molecule has 1 aliphatic heterocycles. The maximum Gasteiger partial charge on any atom is 0.257 e. The Bertz CT molecular complexity index is 358. The Hall–Kier alpha value is -1.40. The molecule has 0 aromatic carbocycles. The van der Waals surface area contributed by atoms with Gasteiger partial charge in [-0.1, -0.05) is 6.92 Å². The molecule has 1 atom stereocenters. The fraction of sp³-hybridized carbons (Fsp3) is 0.600. The summed E-state index contributed by atoms with van der Waals surface area (Å²) in [6.45, 7) is 3.32. The van der Waals surface area contributed by atoms with E-state index < -0.39 is 6.10 Å². The zero-order valence-corrected chi connectivity index (χ0v) is 9.16. The predicted molar refractivity (Wildman–Crippen MR) is 57.2 cm³/mol. The van der Waals surface area contributed by atoms with E-state index in [1.165, 1.54) is 0 Å². The molecule has 2 heterocycles. The highest BCUT2D eigenvalue weighted by molar-refractivity contribution is 5.94. The Labute approximate surface area is 93.3 Å². The van der Waals surface area contributed by atoms with E-state index in [-0.39, 0.29) is 5.91 Å². The summed E-state index contributed by atoms with van der Waals surface area (Å²) in [7, 11) is 0. The summed E-state index contributed by atoms with van der Waals surface area (Å²) in [6.07, 6.45) is 1.99. The predicted octanol–water partition coefficient (Wildman–Crippen LogP) is 0.326. The number of nitrogens with zero attached hydrogens (tertiary/aromatic N) is 1. The van der Waals surface area contributed by atoms with Crippen LogP contribution in [-0.4, -0.2) is 42.0 Å². The van der Waals surface area contributed by atoms with Crippen LogP contribution < -0.4 is 5.32 Å². The van der Waals surface area contributed by atoms with Gasteiger partial charge in [0.15, 0.2) is 6.10 Å². The monoisotopic (exact) mass is 225 g/mol. The SMILES string of the molecule is CCc1cn[nH]c1NC(=O)C1COCCO1. The van der Waals surface area contributed by atoms with Crippen LogP contribution in [0.15, 0.2) is 6.20 Å². The number of rotatable bonds is 3. The minimum atomic E-state index is -0.526. The Kier molecular flexibility index (Phi) is 3.53. The van der Waals surface area contributed by atoms with Crippen molar-refractivity contribution >= 4 is 11.7 Å². The first-order chi connectivity index (χ1) is 7.81. The molecule has 16 heavy (non-hydrogen) atoms. The first-order valence-electron chi connectivity index (χ1n) is 5.33. The average Bonchev–Trinajstić information content (AvgIpc) is 2.77. The molecule has 2 N–H and O–H groups in total. The molecule has 0 bridgehead atoms. The number of aromatic amines is 1. The van der Waals surface area contributed by atoms with Gasteiger partial charge in [-0.3, -0.25) is 9.89 Å². The van der Waals surface area contributed by atoms with E-state index in [1.807, 2.05) is 6.92 Å². The fourth-order valence-corrected chi connectivity index (χ4v) is 1.53. The lowest BCUT2D eigenvalue weighted by Crippen LogP contribution is -2.39. The maximum absolute atomic E-state index is 11.8. The van der Waals surface area contributed by atoms with E-state index in [0.29, 0.717) is 25.6 Å². The summed E-state index contributed by atoms with van der Waals surface area (Å²) in [5, 5.41) is 9.38. The molecular formula is C10H15N3O3. The summed E-state index contributed by atoms with van der Waals surface area (Å²) in [5.74, 6) is 0.445. The fourth-order valence-electron chi connectivity index (χ4n) is 1.53. The smallest absolute Gasteiger partial charge is 0.257 e. The van der Waals surface area contributed by atoms with Crippen LogP contribution in [0.2, 0.25) is 0 Å². The molecule has 1 fully saturated rings. The highest BCUT2D eigenvalue weighted by atomic mass is 16.6. The van der Waals surface area contributed by atoms with Crippen molar-refractivity contribution in [3.8, 4) is 0 Å². The van der Waals surface area contributed by atoms with Crippen molar-refractivity contribution in [2.45, 2.75) is 19.4 Å². The van der Waals surface area contributed by atoms with Crippen molar-refractivity contribution in [1.82, 2.24) is 10.2 Å². The number of hydrogen-bond donors (Lipinski definition) is 2. The number of nitrogens with one attached hydrogen (secondary N) is 2. The van der Waals surface area contributed by atoms with Gasteiger partial charge in [0.2, 0.25) is 0 Å². The highest BCUT2D eigenvalue weighted by Gasteiger charge is 2.23. The van der Waals surface area contributed by atoms with E-state index >= 15 is 0 Å². The normalized spacial score (nSPS) is 20.7. The first-order valence-corrected chi connectivity index (χ1v) is 5.33. The quantitative estimate of drug-likeness (QED) is 0.777. The van der Waals surface area contributed by atoms with Crippen LogP contribution >= 0.6 is 0 Å². The maximum atomic E-state index is 11.8. The molecule has 0 spiro atoms. The van der Waals surface area contributed by atoms with Gasteiger partial charge < -0.3 is 14.8 Å². The van der Waals surface area contributed by atoms with Gasteiger partial charge >= 0.3 is 0 Å². The number of aromatic nitrogens is 2. The lowest BCUT2D eigenvalue weighted by Gasteiger charge is -2.21. The third-order valence-corrected chi connectivity index (χ3v) is 2.46. The van der Waals surface area contributed by atoms with Crippen molar-refractivity contribution in [3.63, 3.8) is 0 Å². The van der Waals surface area contributed by atoms with E-state index in [2.05, 4.69) is 15.5 Å². The number of amides is 1. The molecule has 0 radical (unpaired) electrons. The molecule has 6 heteroatoms. The molecule has 0 saturated carbocycles. The number of aryl methyl sites for hydroxylation is 1. The van der Waals surface area contributed by atoms with Crippen LogP contribution in [0.1, 0.15) is 12.5 Å². The van der Waals surface area contributed by atoms with Crippen LogP contribution in [0.25, 0.3) is 0 Å². The molecular weight excluding hydrogens is 210 g/mol. The van der Waals surface area contributed by atoms with Crippen LogP contribution in [-0.2, 0) is 20.7 Å². The van der Waals surface area contributed by atoms with E-state index in [4.69, 9.17) is 9.47 Å². The summed E-state index contributed by atoms with van der Waals surface area (Å²) < 4.78 is 10.5. The topological polar surface area (TPSA) is 76.2 Å². The zero-order chi connectivity index (χ0) is 11.4. The number of hydrogen-bond acceptors (Lipinski definition) is 4. The summed E-state index contributed by atoms with van der Waals surface area (Å²) in [6, 6.07) is 0. The van der Waals surface area contributed by atoms with Gasteiger partial charge in [-0.25, -0.2) is 0 Å². The van der Waals surface area contributed by atoms with Crippen molar-refractivity contribution in [1.29, 1.82) is 0 Å². The van der Waals surface area contributed by atoms with Crippen LogP contribution in [0.3, 0.4) is 0 Å². The summed E-state index contributed by atoms with van der Waals surface area (Å²) in [4.78, 5) is 11.8. The number of H-pyrrole nitrogens is 1. The second-order valence-electron chi connectivity index (χ2n) is 3.55. The highest BCUT2D eigenvalue weighted by Crippen LogP contribution is 2.12. The standard InChI is InChI=1S/C10H15N3O3/c1-2-7-5-11-13-9(7)12-10(14)8-6-15-3-4-16-8/h5,8H,2-4,6H2,1H3,(H2,11,12,13,14). The van der Waals surface area contributed by atoms with Gasteiger partial charge in [-0.2, -0.15) is 5.10 Å². The van der Waals surface area contributed by atoms with E-state index in [1.54, 1.807) is 6.20 Å². The van der Waals surface area contributed by atoms with Crippen LogP contribution in [0.5, 0.6) is 0 Å². The Morgan fingerprint density at radius 2 is 2.56 bits per heavy atom. The molecule has 1 aromatic rings. The van der Waals surface area contributed by atoms with Crippen molar-refractivity contribution in [2.24, 2.45) is 0 Å². The van der Waals surface area contributed by atoms with E-state index in [9.17, 15) is 4.79 Å².